The summed E-state index contributed by atoms with van der Waals surface area (Å²) in [5, 5.41) is 7.15. The van der Waals surface area contributed by atoms with E-state index in [1.165, 1.54) is 60.5 Å². The van der Waals surface area contributed by atoms with Gasteiger partial charge in [0, 0.05) is 38.5 Å². The van der Waals surface area contributed by atoms with Gasteiger partial charge in [-0.2, -0.15) is 0 Å². The minimum Gasteiger partial charge on any atom is -0.454 e. The lowest BCUT2D eigenvalue weighted by Crippen LogP contribution is -2.11. The Morgan fingerprint density at radius 2 is 0.795 bits per heavy atom. The van der Waals surface area contributed by atoms with Crippen LogP contribution in [0.5, 0.6) is 0 Å². The quantitative estimate of drug-likeness (QED) is 0.144. The first-order valence-corrected chi connectivity index (χ1v) is 25.0. The van der Waals surface area contributed by atoms with E-state index in [0.717, 1.165) is 72.4 Å². The summed E-state index contributed by atoms with van der Waals surface area (Å²) in [6.45, 7) is 0. The average molecular weight is 931 g/mol. The molecule has 0 unspecified atom stereocenters. The standard InChI is InChI=1S/C70H46N2O/c1-2-16-47(17-3-1)49-38-42-55(43-39-49)71(56-44-40-50(41-45-56)48-34-36-52(37-35-48)58-26-13-19-51-18-4-5-22-57(51)58)64-29-9-6-23-59(64)53-20-12-21-54(46-53)60-27-14-31-66-69(60)63-25-7-10-30-65(63)72(66)67-32-15-28-62-61-24-8-11-33-68(61)73-70(62)67/h1-46H. The number of hydrogen-bond donors (Lipinski definition) is 0. The summed E-state index contributed by atoms with van der Waals surface area (Å²) >= 11 is 0. The van der Waals surface area contributed by atoms with Gasteiger partial charge in [0.05, 0.1) is 22.4 Å². The molecule has 0 spiro atoms. The number of nitrogens with zero attached hydrogens (tertiary/aromatic N) is 2. The van der Waals surface area contributed by atoms with Gasteiger partial charge in [-0.1, -0.05) is 218 Å². The number of fused-ring (bicyclic) bond motifs is 7. The van der Waals surface area contributed by atoms with E-state index in [1.54, 1.807) is 0 Å². The molecule has 0 aliphatic carbocycles. The van der Waals surface area contributed by atoms with E-state index in [9.17, 15) is 0 Å². The lowest BCUT2D eigenvalue weighted by molar-refractivity contribution is 0.666. The van der Waals surface area contributed by atoms with Crippen molar-refractivity contribution in [3.05, 3.63) is 279 Å². The molecule has 0 amide bonds. The molecular formula is C70H46N2O. The topological polar surface area (TPSA) is 21.3 Å². The summed E-state index contributed by atoms with van der Waals surface area (Å²) in [5.41, 5.74) is 20.1. The van der Waals surface area contributed by atoms with Crippen LogP contribution in [0.3, 0.4) is 0 Å². The maximum Gasteiger partial charge on any atom is 0.159 e. The van der Waals surface area contributed by atoms with Gasteiger partial charge < -0.3 is 13.9 Å². The van der Waals surface area contributed by atoms with E-state index < -0.39 is 0 Å². The Hall–Kier alpha value is -9.70. The van der Waals surface area contributed by atoms with Crippen molar-refractivity contribution in [3.63, 3.8) is 0 Å². The zero-order valence-corrected chi connectivity index (χ0v) is 39.9. The SMILES string of the molecule is c1ccc(-c2ccc(N(c3ccc(-c4ccc(-c5cccc6ccccc56)cc4)cc3)c3ccccc3-c3cccc(-c4cccc5c4c4ccccc4n5-c4cccc5c4oc4ccccc45)c3)cc2)cc1. The summed E-state index contributed by atoms with van der Waals surface area (Å²) in [6.07, 6.45) is 0. The molecule has 3 nitrogen and oxygen atoms in total. The van der Waals surface area contributed by atoms with Crippen molar-refractivity contribution in [1.82, 2.24) is 4.57 Å². The molecule has 0 fully saturated rings. The highest BCUT2D eigenvalue weighted by atomic mass is 16.3. The van der Waals surface area contributed by atoms with Gasteiger partial charge in [0.1, 0.15) is 5.58 Å². The fourth-order valence-corrected chi connectivity index (χ4v) is 11.2. The predicted molar refractivity (Wildman–Crippen MR) is 307 cm³/mol. The first-order chi connectivity index (χ1) is 36.2. The number of benzene rings is 12. The van der Waals surface area contributed by atoms with E-state index in [-0.39, 0.29) is 0 Å². The highest BCUT2D eigenvalue weighted by Gasteiger charge is 2.22. The molecule has 14 aromatic rings. The third-order valence-corrected chi connectivity index (χ3v) is 14.6. The van der Waals surface area contributed by atoms with Gasteiger partial charge in [0.25, 0.3) is 0 Å². The van der Waals surface area contributed by atoms with Gasteiger partial charge in [-0.25, -0.2) is 0 Å². The predicted octanol–water partition coefficient (Wildman–Crippen LogP) is 19.6. The van der Waals surface area contributed by atoms with Crippen molar-refractivity contribution in [1.29, 1.82) is 0 Å². The number of para-hydroxylation sites is 4. The first-order valence-electron chi connectivity index (χ1n) is 25.0. The normalized spacial score (nSPS) is 11.6. The van der Waals surface area contributed by atoms with E-state index in [2.05, 4.69) is 282 Å². The molecular weight excluding hydrogens is 885 g/mol. The molecule has 2 aromatic heterocycles. The van der Waals surface area contributed by atoms with Gasteiger partial charge in [-0.05, 0) is 122 Å². The number of hydrogen-bond acceptors (Lipinski definition) is 2. The monoisotopic (exact) mass is 930 g/mol. The van der Waals surface area contributed by atoms with Gasteiger partial charge in [0.15, 0.2) is 5.58 Å². The van der Waals surface area contributed by atoms with Crippen LogP contribution in [0.4, 0.5) is 17.1 Å². The van der Waals surface area contributed by atoms with Gasteiger partial charge in [-0.3, -0.25) is 0 Å². The molecule has 0 aliphatic rings. The highest BCUT2D eigenvalue weighted by molar-refractivity contribution is 6.17. The maximum absolute atomic E-state index is 6.64. The molecule has 0 aliphatic heterocycles. The Labute approximate surface area is 423 Å². The lowest BCUT2D eigenvalue weighted by atomic mass is 9.94. The van der Waals surface area contributed by atoms with Crippen molar-refractivity contribution in [3.8, 4) is 61.3 Å². The Bertz CT molecular complexity index is 4350. The fraction of sp³-hybridized carbons (Fsp3) is 0. The molecule has 0 saturated carbocycles. The third-order valence-electron chi connectivity index (χ3n) is 14.6. The van der Waals surface area contributed by atoms with E-state index >= 15 is 0 Å². The molecule has 0 atom stereocenters. The van der Waals surface area contributed by atoms with Gasteiger partial charge in [-0.15, -0.1) is 0 Å². The molecule has 0 N–H and O–H groups in total. The zero-order chi connectivity index (χ0) is 48.2. The largest absolute Gasteiger partial charge is 0.454 e. The second-order valence-electron chi connectivity index (χ2n) is 18.8. The van der Waals surface area contributed by atoms with Crippen molar-refractivity contribution in [2.75, 3.05) is 4.90 Å². The second kappa shape index (κ2) is 17.6. The minimum absolute atomic E-state index is 0.885. The van der Waals surface area contributed by atoms with Crippen LogP contribution in [0.25, 0.3) is 116 Å². The van der Waals surface area contributed by atoms with Crippen LogP contribution in [-0.2, 0) is 0 Å². The Balaban J connectivity index is 0.869. The van der Waals surface area contributed by atoms with Crippen LogP contribution in [0, 0.1) is 0 Å². The molecule has 73 heavy (non-hydrogen) atoms. The molecule has 12 aromatic carbocycles. The molecule has 2 heterocycles. The first kappa shape index (κ1) is 42.2. The van der Waals surface area contributed by atoms with Crippen LogP contribution >= 0.6 is 0 Å². The lowest BCUT2D eigenvalue weighted by Gasteiger charge is -2.28. The van der Waals surface area contributed by atoms with Gasteiger partial charge in [0.2, 0.25) is 0 Å². The van der Waals surface area contributed by atoms with E-state index in [4.69, 9.17) is 4.42 Å². The second-order valence-corrected chi connectivity index (χ2v) is 18.8. The highest BCUT2D eigenvalue weighted by Crippen LogP contribution is 2.45. The number of aromatic nitrogens is 1. The third kappa shape index (κ3) is 7.29. The maximum atomic E-state index is 6.64. The summed E-state index contributed by atoms with van der Waals surface area (Å²) in [6, 6.07) is 101. The number of anilines is 3. The smallest absolute Gasteiger partial charge is 0.159 e. The summed E-state index contributed by atoms with van der Waals surface area (Å²) in [5.74, 6) is 0. The number of furan rings is 1. The summed E-state index contributed by atoms with van der Waals surface area (Å²) in [7, 11) is 0. The van der Waals surface area contributed by atoms with Crippen molar-refractivity contribution >= 4 is 71.6 Å². The average Bonchev–Trinajstić information content (AvgIpc) is 4.02. The van der Waals surface area contributed by atoms with Crippen LogP contribution in [-0.4, -0.2) is 4.57 Å². The van der Waals surface area contributed by atoms with Crippen LogP contribution in [0.1, 0.15) is 0 Å². The number of rotatable bonds is 9. The molecule has 14 rings (SSSR count). The summed E-state index contributed by atoms with van der Waals surface area (Å²) in [4.78, 5) is 2.40. The minimum atomic E-state index is 0.885. The van der Waals surface area contributed by atoms with Crippen molar-refractivity contribution in [2.45, 2.75) is 0 Å². The van der Waals surface area contributed by atoms with Crippen LogP contribution < -0.4 is 4.90 Å². The van der Waals surface area contributed by atoms with E-state index in [1.807, 2.05) is 6.07 Å². The molecule has 0 bridgehead atoms. The van der Waals surface area contributed by atoms with Crippen LogP contribution in [0.2, 0.25) is 0 Å². The van der Waals surface area contributed by atoms with Crippen molar-refractivity contribution < 1.29 is 4.42 Å². The fourth-order valence-electron chi connectivity index (χ4n) is 11.2. The molecule has 0 radical (unpaired) electrons. The van der Waals surface area contributed by atoms with E-state index in [0.29, 0.717) is 0 Å². The zero-order valence-electron chi connectivity index (χ0n) is 39.9. The Kier molecular flexibility index (Phi) is 10.2. The molecule has 3 heteroatoms. The molecule has 342 valence electrons. The Morgan fingerprint density at radius 3 is 1.58 bits per heavy atom. The molecule has 0 saturated heterocycles. The van der Waals surface area contributed by atoms with Crippen LogP contribution in [0.15, 0.2) is 283 Å². The van der Waals surface area contributed by atoms with Gasteiger partial charge >= 0.3 is 0 Å². The summed E-state index contributed by atoms with van der Waals surface area (Å²) < 4.78 is 9.02. The van der Waals surface area contributed by atoms with Crippen molar-refractivity contribution in [2.24, 2.45) is 0 Å². The Morgan fingerprint density at radius 1 is 0.301 bits per heavy atom.